The number of fused-ring (bicyclic) bond motifs is 5. The number of anilines is 2. The van der Waals surface area contributed by atoms with E-state index in [-0.39, 0.29) is 73.9 Å². The number of likely N-dealkylation sites (tertiary alicyclic amines) is 1. The number of rotatable bonds is 6. The van der Waals surface area contributed by atoms with E-state index in [0.717, 1.165) is 37.0 Å². The van der Waals surface area contributed by atoms with Gasteiger partial charge >= 0.3 is 12.0 Å². The first-order valence-corrected chi connectivity index (χ1v) is 20.3. The fourth-order valence-electron chi connectivity index (χ4n) is 10.7. The summed E-state index contributed by atoms with van der Waals surface area (Å²) in [6.07, 6.45) is 7.54. The molecule has 56 heavy (non-hydrogen) atoms. The van der Waals surface area contributed by atoms with Crippen LogP contribution < -0.4 is 20.9 Å². The van der Waals surface area contributed by atoms with Gasteiger partial charge in [-0.2, -0.15) is 19.7 Å². The molecule has 11 rings (SSSR count). The van der Waals surface area contributed by atoms with Gasteiger partial charge in [0, 0.05) is 50.2 Å². The van der Waals surface area contributed by atoms with Crippen LogP contribution in [0.3, 0.4) is 0 Å². The number of hydrogen-bond acceptors (Lipinski definition) is 12. The van der Waals surface area contributed by atoms with Gasteiger partial charge in [0.1, 0.15) is 48.0 Å². The van der Waals surface area contributed by atoms with Crippen molar-refractivity contribution in [2.24, 2.45) is 11.8 Å². The minimum absolute atomic E-state index is 0.00269. The fourth-order valence-corrected chi connectivity index (χ4v) is 11.5. The number of hydrogen-bond donors (Lipinski definition) is 1. The van der Waals surface area contributed by atoms with Crippen LogP contribution in [-0.4, -0.2) is 106 Å². The van der Waals surface area contributed by atoms with Gasteiger partial charge in [0.15, 0.2) is 10.9 Å². The van der Waals surface area contributed by atoms with Crippen molar-refractivity contribution in [1.82, 2.24) is 44.1 Å². The van der Waals surface area contributed by atoms with Gasteiger partial charge in [-0.25, -0.2) is 27.9 Å². The maximum atomic E-state index is 17.7. The van der Waals surface area contributed by atoms with Gasteiger partial charge in [-0.1, -0.05) is 18.3 Å². The molecule has 1 spiro atoms. The highest BCUT2D eigenvalue weighted by Crippen LogP contribution is 2.57. The average molecular weight is 788 g/mol. The lowest BCUT2D eigenvalue weighted by Crippen LogP contribution is -2.61. The van der Waals surface area contributed by atoms with Crippen molar-refractivity contribution in [1.29, 1.82) is 0 Å². The zero-order valence-electron chi connectivity index (χ0n) is 30.7. The van der Waals surface area contributed by atoms with Gasteiger partial charge in [-0.3, -0.25) is 9.69 Å². The molecule has 2 saturated carbocycles. The van der Waals surface area contributed by atoms with Gasteiger partial charge in [0.25, 0.3) is 5.56 Å². The third kappa shape index (κ3) is 4.99. The number of pyridine rings is 1. The van der Waals surface area contributed by atoms with Gasteiger partial charge in [0.05, 0.1) is 27.0 Å². The van der Waals surface area contributed by atoms with Gasteiger partial charge in [-0.05, 0) is 68.9 Å². The van der Waals surface area contributed by atoms with Gasteiger partial charge in [0.2, 0.25) is 0 Å². The topological polar surface area (TPSA) is 153 Å². The van der Waals surface area contributed by atoms with Crippen LogP contribution in [-0.2, 0) is 0 Å². The molecule has 1 aromatic carbocycles. The number of carbonyl (C=O) groups excluding carboxylic acids is 1. The third-order valence-corrected chi connectivity index (χ3v) is 14.4. The molecule has 292 valence electrons. The standard InChI is InChI=1S/C38H40F3N11O3S/c1-19-3-2-9-49(36(54)51-18-43-17-44-51)38(19)8-10-48(15-38)32-26-29(46-35(47-32)55-16-37-12-20-11-25(20)50(37)14-21(39)13-37)27(41)30(52(33(26)53)22-4-5-22)23-6-7-24(40)31-28(23)45-34(42)56-31/h6-7,17-22,25H,2-5,8-16H2,1H3,(H2,42,45)/t19-,20?,21-,25?,37+,38?/m1/s1. The zero-order chi connectivity index (χ0) is 38.2. The number of ether oxygens (including phenoxy) is 1. The molecule has 18 heteroatoms. The Morgan fingerprint density at radius 1 is 1.11 bits per heavy atom. The van der Waals surface area contributed by atoms with Gasteiger partial charge < -0.3 is 24.8 Å². The quantitative estimate of drug-likeness (QED) is 0.243. The molecule has 2 aliphatic carbocycles. The predicted molar refractivity (Wildman–Crippen MR) is 201 cm³/mol. The van der Waals surface area contributed by atoms with Crippen LogP contribution in [0.25, 0.3) is 32.4 Å². The van der Waals surface area contributed by atoms with Crippen LogP contribution in [0.1, 0.15) is 64.3 Å². The van der Waals surface area contributed by atoms with E-state index >= 15 is 13.6 Å². The number of piperidine rings is 2. The summed E-state index contributed by atoms with van der Waals surface area (Å²) in [5.41, 5.74) is 4.53. The number of nitrogens with zero attached hydrogens (tertiary/aromatic N) is 10. The summed E-state index contributed by atoms with van der Waals surface area (Å²) in [6, 6.07) is 2.31. The molecule has 6 fully saturated rings. The molecular weight excluding hydrogens is 748 g/mol. The van der Waals surface area contributed by atoms with Crippen LogP contribution in [0.2, 0.25) is 0 Å². The largest absolute Gasteiger partial charge is 0.461 e. The molecule has 3 unspecified atom stereocenters. The second-order valence-corrected chi connectivity index (χ2v) is 17.8. The summed E-state index contributed by atoms with van der Waals surface area (Å²) >= 11 is 0.956. The first-order chi connectivity index (χ1) is 27.0. The van der Waals surface area contributed by atoms with Crippen molar-refractivity contribution in [3.8, 4) is 17.3 Å². The molecule has 6 aliphatic rings. The molecule has 0 radical (unpaired) electrons. The molecule has 2 N–H and O–H groups in total. The highest BCUT2D eigenvalue weighted by Gasteiger charge is 2.63. The fraction of sp³-hybridized carbons (Fsp3) is 0.553. The molecule has 4 aliphatic heterocycles. The Bertz CT molecular complexity index is 2510. The van der Waals surface area contributed by atoms with Crippen LogP contribution in [0.5, 0.6) is 6.01 Å². The van der Waals surface area contributed by atoms with Crippen molar-refractivity contribution in [2.75, 3.05) is 43.4 Å². The van der Waals surface area contributed by atoms with Crippen molar-refractivity contribution in [2.45, 2.75) is 87.6 Å². The van der Waals surface area contributed by atoms with Crippen LogP contribution >= 0.6 is 11.3 Å². The number of benzene rings is 1. The lowest BCUT2D eigenvalue weighted by atomic mass is 9.77. The van der Waals surface area contributed by atoms with E-state index in [0.29, 0.717) is 63.8 Å². The number of carbonyl (C=O) groups is 1. The lowest BCUT2D eigenvalue weighted by Gasteiger charge is -2.48. The second kappa shape index (κ2) is 12.1. The van der Waals surface area contributed by atoms with Crippen LogP contribution in [0, 0.1) is 23.5 Å². The van der Waals surface area contributed by atoms with Gasteiger partial charge in [-0.15, -0.1) is 0 Å². The molecule has 14 nitrogen and oxygen atoms in total. The first kappa shape index (κ1) is 34.4. The Morgan fingerprint density at radius 2 is 1.96 bits per heavy atom. The smallest absolute Gasteiger partial charge is 0.346 e. The number of alkyl halides is 1. The minimum atomic E-state index is -0.970. The summed E-state index contributed by atoms with van der Waals surface area (Å²) in [5.74, 6) is -0.511. The highest BCUT2D eigenvalue weighted by molar-refractivity contribution is 7.22. The Kier molecular flexibility index (Phi) is 7.43. The molecule has 1 amide bonds. The van der Waals surface area contributed by atoms with Crippen molar-refractivity contribution >= 4 is 49.4 Å². The maximum Gasteiger partial charge on any atom is 0.346 e. The van der Waals surface area contributed by atoms with Crippen LogP contribution in [0.15, 0.2) is 29.6 Å². The number of amides is 1. The molecule has 0 bridgehead atoms. The number of nitrogens with two attached hydrogens (primary N) is 1. The van der Waals surface area contributed by atoms with E-state index in [2.05, 4.69) is 31.9 Å². The maximum absolute atomic E-state index is 17.7. The number of aromatic nitrogens is 7. The number of nitrogen functional groups attached to an aromatic ring is 1. The Hall–Kier alpha value is -4.84. The minimum Gasteiger partial charge on any atom is -0.461 e. The second-order valence-electron chi connectivity index (χ2n) is 16.8. The molecule has 4 saturated heterocycles. The SMILES string of the molecule is C[C@@H]1CCCN(C(=O)n2cncn2)C12CCN(c1nc(OC[C@@]34CC5CC5N3C[C@H](F)C4)nc3c(F)c(-c4ccc(F)c5sc(N)nc45)n(C4CC4)c(=O)c13)C2. The molecule has 8 heterocycles. The monoisotopic (exact) mass is 787 g/mol. The van der Waals surface area contributed by atoms with E-state index in [9.17, 15) is 9.18 Å². The summed E-state index contributed by atoms with van der Waals surface area (Å²) in [4.78, 5) is 52.8. The molecule has 4 aromatic heterocycles. The van der Waals surface area contributed by atoms with E-state index in [1.54, 1.807) is 0 Å². The Balaban J connectivity index is 1.07. The molecule has 6 atom stereocenters. The van der Waals surface area contributed by atoms with E-state index in [1.807, 2.05) is 9.80 Å². The Labute approximate surface area is 322 Å². The van der Waals surface area contributed by atoms with Crippen molar-refractivity contribution in [3.63, 3.8) is 0 Å². The van der Waals surface area contributed by atoms with Crippen molar-refractivity contribution in [3.05, 3.63) is 46.8 Å². The van der Waals surface area contributed by atoms with Crippen molar-refractivity contribution < 1.29 is 22.7 Å². The first-order valence-electron chi connectivity index (χ1n) is 19.5. The normalized spacial score (nSPS) is 29.9. The summed E-state index contributed by atoms with van der Waals surface area (Å²) < 4.78 is 56.9. The predicted octanol–water partition coefficient (Wildman–Crippen LogP) is 5.16. The zero-order valence-corrected chi connectivity index (χ0v) is 31.5. The van der Waals surface area contributed by atoms with E-state index in [1.165, 1.54) is 34.0 Å². The lowest BCUT2D eigenvalue weighted by molar-refractivity contribution is 0.0474. The summed E-state index contributed by atoms with van der Waals surface area (Å²) in [7, 11) is 0. The molecular formula is C38H40F3N11O3S. The average Bonchev–Trinajstić information content (AvgIpc) is 3.80. The number of thiazole rings is 1. The highest BCUT2D eigenvalue weighted by atomic mass is 32.1. The van der Waals surface area contributed by atoms with E-state index in [4.69, 9.17) is 15.5 Å². The molecule has 5 aromatic rings. The Morgan fingerprint density at radius 3 is 2.77 bits per heavy atom. The summed E-state index contributed by atoms with van der Waals surface area (Å²) in [6.45, 7) is 3.88. The summed E-state index contributed by atoms with van der Waals surface area (Å²) in [5, 5.41) is 4.24. The van der Waals surface area contributed by atoms with E-state index < -0.39 is 34.4 Å². The van der Waals surface area contributed by atoms with Crippen LogP contribution in [0.4, 0.5) is 28.9 Å². The third-order valence-electron chi connectivity index (χ3n) is 13.5. The number of halogens is 3.